The molecule has 0 aliphatic rings. The Morgan fingerprint density at radius 1 is 0.757 bits per heavy atom. The van der Waals surface area contributed by atoms with Crippen molar-refractivity contribution in [1.82, 2.24) is 9.80 Å². The number of rotatable bonds is 9. The van der Waals surface area contributed by atoms with E-state index in [1.165, 1.54) is 0 Å². The molecule has 37 heavy (non-hydrogen) atoms. The monoisotopic (exact) mass is 492 g/mol. The Bertz CT molecular complexity index is 1330. The zero-order valence-electron chi connectivity index (χ0n) is 20.9. The minimum absolute atomic E-state index is 0.0130. The van der Waals surface area contributed by atoms with E-state index in [2.05, 4.69) is 17.8 Å². The molecule has 0 saturated heterocycles. The molecule has 0 saturated carbocycles. The highest BCUT2D eigenvalue weighted by Crippen LogP contribution is 2.10. The van der Waals surface area contributed by atoms with Crippen molar-refractivity contribution in [2.75, 3.05) is 33.3 Å². The van der Waals surface area contributed by atoms with Gasteiger partial charge in [0.05, 0.1) is 12.1 Å². The first kappa shape index (κ1) is 26.8. The number of ether oxygens (including phenoxy) is 1. The van der Waals surface area contributed by atoms with Crippen LogP contribution in [0.1, 0.15) is 49.1 Å². The molecule has 0 atom stereocenters. The minimum Gasteiger partial charge on any atom is -0.460 e. The fourth-order valence-electron chi connectivity index (χ4n) is 3.55. The fraction of sp³-hybridized carbons (Fsp3) is 0.194. The minimum atomic E-state index is -0.481. The van der Waals surface area contributed by atoms with Crippen LogP contribution in [-0.4, -0.2) is 60.9 Å². The van der Waals surface area contributed by atoms with Crippen molar-refractivity contribution in [2.45, 2.75) is 6.92 Å². The van der Waals surface area contributed by atoms with Crippen molar-refractivity contribution in [3.05, 3.63) is 107 Å². The van der Waals surface area contributed by atoms with E-state index in [0.717, 1.165) is 5.56 Å². The number of carbonyl (C=O) groups excluding carboxylic acids is 3. The lowest BCUT2D eigenvalue weighted by Crippen LogP contribution is -2.41. The summed E-state index contributed by atoms with van der Waals surface area (Å²) in [6, 6.07) is 22.5. The van der Waals surface area contributed by atoms with Gasteiger partial charge >= 0.3 is 5.97 Å². The Morgan fingerprint density at radius 3 is 1.97 bits per heavy atom. The van der Waals surface area contributed by atoms with Crippen molar-refractivity contribution >= 4 is 17.8 Å². The highest BCUT2D eigenvalue weighted by Gasteiger charge is 2.19. The van der Waals surface area contributed by atoms with E-state index >= 15 is 0 Å². The molecule has 0 aliphatic carbocycles. The lowest BCUT2D eigenvalue weighted by Gasteiger charge is -2.26. The maximum absolute atomic E-state index is 13.2. The van der Waals surface area contributed by atoms with Gasteiger partial charge in [0.2, 0.25) is 0 Å². The second-order valence-electron chi connectivity index (χ2n) is 8.19. The fourth-order valence-corrected chi connectivity index (χ4v) is 3.55. The van der Waals surface area contributed by atoms with E-state index in [0.29, 0.717) is 28.8 Å². The van der Waals surface area contributed by atoms with E-state index in [-0.39, 0.29) is 31.5 Å². The predicted octanol–water partition coefficient (Wildman–Crippen LogP) is 4.11. The molecule has 0 bridgehead atoms. The molecule has 0 spiro atoms. The quantitative estimate of drug-likeness (QED) is 0.333. The normalized spacial score (nSPS) is 9.86. The molecule has 0 aliphatic heterocycles. The third-order valence-electron chi connectivity index (χ3n) is 5.64. The molecule has 0 unspecified atom stereocenters. The Morgan fingerprint density at radius 2 is 1.35 bits per heavy atom. The van der Waals surface area contributed by atoms with Crippen LogP contribution in [0, 0.1) is 24.2 Å². The molecule has 186 valence electrons. The van der Waals surface area contributed by atoms with Crippen LogP contribution >= 0.6 is 0 Å². The molecule has 0 heterocycles. The molecule has 0 aromatic heterocycles. The number of benzene rings is 3. The Labute approximate surface area is 217 Å². The van der Waals surface area contributed by atoms with Gasteiger partial charge in [-0.05, 0) is 67.6 Å². The lowest BCUT2D eigenvalue weighted by atomic mass is 10.1. The summed E-state index contributed by atoms with van der Waals surface area (Å²) in [6.45, 7) is 2.49. The van der Waals surface area contributed by atoms with Crippen molar-refractivity contribution in [1.29, 1.82) is 0 Å². The first-order chi connectivity index (χ1) is 17.9. The van der Waals surface area contributed by atoms with Gasteiger partial charge in [0, 0.05) is 42.4 Å². The van der Waals surface area contributed by atoms with Gasteiger partial charge in [-0.25, -0.2) is 4.79 Å². The van der Waals surface area contributed by atoms with Gasteiger partial charge < -0.3 is 14.5 Å². The predicted molar refractivity (Wildman–Crippen MR) is 143 cm³/mol. The number of hydrogen-bond donors (Lipinski definition) is 0. The Balaban J connectivity index is 1.63. The molecule has 0 radical (unpaired) electrons. The third-order valence-corrected chi connectivity index (χ3v) is 5.64. The van der Waals surface area contributed by atoms with Crippen molar-refractivity contribution in [3.63, 3.8) is 0 Å². The van der Waals surface area contributed by atoms with Crippen LogP contribution in [0.15, 0.2) is 78.9 Å². The first-order valence-corrected chi connectivity index (χ1v) is 11.8. The van der Waals surface area contributed by atoms with Crippen molar-refractivity contribution in [2.24, 2.45) is 0 Å². The summed E-state index contributed by atoms with van der Waals surface area (Å²) in [5.41, 5.74) is 2.93. The maximum atomic E-state index is 13.2. The smallest absolute Gasteiger partial charge is 0.338 e. The second kappa shape index (κ2) is 13.3. The number of hydrogen-bond acceptors (Lipinski definition) is 4. The van der Waals surface area contributed by atoms with Crippen LogP contribution in [-0.2, 0) is 4.74 Å². The summed E-state index contributed by atoms with van der Waals surface area (Å²) in [5.74, 6) is 7.39. The molecule has 0 fully saturated rings. The number of esters is 1. The molecule has 6 heteroatoms. The largest absolute Gasteiger partial charge is 0.460 e. The number of carbonyl (C=O) groups is 3. The van der Waals surface area contributed by atoms with Gasteiger partial charge in [-0.3, -0.25) is 9.59 Å². The van der Waals surface area contributed by atoms with Gasteiger partial charge in [0.15, 0.2) is 0 Å². The van der Waals surface area contributed by atoms with Gasteiger partial charge in [-0.1, -0.05) is 30.0 Å². The maximum Gasteiger partial charge on any atom is 0.338 e. The van der Waals surface area contributed by atoms with Crippen LogP contribution in [0.25, 0.3) is 0 Å². The average molecular weight is 493 g/mol. The number of likely N-dealkylation sites (N-methyl/N-ethyl adjacent to an activating group) is 1. The molecule has 0 N–H and O–H groups in total. The van der Waals surface area contributed by atoms with E-state index in [4.69, 9.17) is 11.2 Å². The van der Waals surface area contributed by atoms with Crippen LogP contribution in [0.5, 0.6) is 0 Å². The van der Waals surface area contributed by atoms with Gasteiger partial charge in [-0.15, -0.1) is 12.3 Å². The van der Waals surface area contributed by atoms with Crippen LogP contribution in [0.3, 0.4) is 0 Å². The van der Waals surface area contributed by atoms with E-state index in [9.17, 15) is 14.4 Å². The lowest BCUT2D eigenvalue weighted by molar-refractivity contribution is 0.0428. The molecular weight excluding hydrogens is 464 g/mol. The van der Waals surface area contributed by atoms with Crippen LogP contribution in [0.4, 0.5) is 0 Å². The summed E-state index contributed by atoms with van der Waals surface area (Å²) in [5, 5.41) is 0. The number of terminal acetylenes is 1. The zero-order valence-corrected chi connectivity index (χ0v) is 20.9. The standard InChI is InChI=1S/C31H28N2O4/c1-4-9-25-14-18-28(19-15-25)31(36)37-23-22-33(30(35)26-10-7-6-8-11-26)21-20-32(3)29(34)27-16-12-24(5-2)13-17-27/h2,6-8,10-19H,20-23H2,1,3H3. The molecule has 3 aromatic carbocycles. The molecule has 6 nitrogen and oxygen atoms in total. The van der Waals surface area contributed by atoms with E-state index in [1.807, 2.05) is 6.07 Å². The zero-order chi connectivity index (χ0) is 26.6. The van der Waals surface area contributed by atoms with Crippen LogP contribution < -0.4 is 0 Å². The molecule has 3 aromatic rings. The average Bonchev–Trinajstić information content (AvgIpc) is 2.94. The first-order valence-electron chi connectivity index (χ1n) is 11.8. The van der Waals surface area contributed by atoms with Crippen molar-refractivity contribution in [3.8, 4) is 24.2 Å². The van der Waals surface area contributed by atoms with E-state index < -0.39 is 5.97 Å². The summed E-state index contributed by atoms with van der Waals surface area (Å²) in [6.07, 6.45) is 5.38. The summed E-state index contributed by atoms with van der Waals surface area (Å²) in [7, 11) is 1.68. The topological polar surface area (TPSA) is 66.9 Å². The molecule has 3 rings (SSSR count). The van der Waals surface area contributed by atoms with Crippen LogP contribution in [0.2, 0.25) is 0 Å². The summed E-state index contributed by atoms with van der Waals surface area (Å²) >= 11 is 0. The SMILES string of the molecule is C#Cc1ccc(C(=O)N(C)CCN(CCOC(=O)c2ccc(C#CC)cc2)C(=O)c2ccccc2)cc1. The number of amides is 2. The van der Waals surface area contributed by atoms with Gasteiger partial charge in [-0.2, -0.15) is 0 Å². The van der Waals surface area contributed by atoms with E-state index in [1.54, 1.807) is 96.6 Å². The Hall–Kier alpha value is -4.81. The Kier molecular flexibility index (Phi) is 9.65. The highest BCUT2D eigenvalue weighted by molar-refractivity contribution is 5.95. The molecular formula is C31H28N2O4. The second-order valence-corrected chi connectivity index (χ2v) is 8.19. The highest BCUT2D eigenvalue weighted by atomic mass is 16.5. The molecule has 2 amide bonds. The van der Waals surface area contributed by atoms with Crippen molar-refractivity contribution < 1.29 is 19.1 Å². The summed E-state index contributed by atoms with van der Waals surface area (Å²) < 4.78 is 5.42. The van der Waals surface area contributed by atoms with Gasteiger partial charge in [0.25, 0.3) is 11.8 Å². The number of nitrogens with zero attached hydrogens (tertiary/aromatic N) is 2. The summed E-state index contributed by atoms with van der Waals surface area (Å²) in [4.78, 5) is 41.6. The van der Waals surface area contributed by atoms with Gasteiger partial charge in [0.1, 0.15) is 6.61 Å². The third kappa shape index (κ3) is 7.59.